The molecule has 0 aliphatic rings. The van der Waals surface area contributed by atoms with Crippen LogP contribution < -0.4 is 10.1 Å². The zero-order valence-electron chi connectivity index (χ0n) is 16.7. The van der Waals surface area contributed by atoms with Crippen LogP contribution in [0.5, 0.6) is 5.75 Å². The minimum absolute atomic E-state index is 0.159. The van der Waals surface area contributed by atoms with Crippen molar-refractivity contribution in [1.29, 1.82) is 0 Å². The Hall–Kier alpha value is -2.91. The number of anilines is 1. The van der Waals surface area contributed by atoms with E-state index in [9.17, 15) is 26.3 Å². The molecular weight excluding hydrogens is 493 g/mol. The standard InChI is InChI=1S/C22H14Cl2F6N2O/c1-33-15-6-2-12(3-7-15)20(31-18-8-4-13(23)10-16(18)21(25,26)27)32-19-9-5-14(24)11-17(19)22(28,29)30/h2-11H,1H3,(H,31,32). The maximum Gasteiger partial charge on any atom is 0.418 e. The van der Waals surface area contributed by atoms with Gasteiger partial charge in [0.1, 0.15) is 11.6 Å². The fraction of sp³-hybridized carbons (Fsp3) is 0.136. The molecule has 3 aromatic carbocycles. The van der Waals surface area contributed by atoms with Gasteiger partial charge in [0, 0.05) is 15.6 Å². The van der Waals surface area contributed by atoms with E-state index >= 15 is 0 Å². The number of alkyl halides is 6. The van der Waals surface area contributed by atoms with Gasteiger partial charge in [0.25, 0.3) is 0 Å². The number of hydrogen-bond donors (Lipinski definition) is 1. The summed E-state index contributed by atoms with van der Waals surface area (Å²) in [7, 11) is 1.41. The second-order valence-electron chi connectivity index (χ2n) is 6.66. The summed E-state index contributed by atoms with van der Waals surface area (Å²) in [6.45, 7) is 0. The van der Waals surface area contributed by atoms with Crippen molar-refractivity contribution in [2.24, 2.45) is 4.99 Å². The molecule has 1 N–H and O–H groups in total. The minimum atomic E-state index is -4.80. The molecule has 0 atom stereocenters. The Balaban J connectivity index is 2.19. The van der Waals surface area contributed by atoms with Crippen molar-refractivity contribution in [1.82, 2.24) is 0 Å². The van der Waals surface area contributed by atoms with E-state index < -0.39 is 34.9 Å². The van der Waals surface area contributed by atoms with Crippen LogP contribution >= 0.6 is 23.2 Å². The Morgan fingerprint density at radius 2 is 1.33 bits per heavy atom. The first-order valence-corrected chi connectivity index (χ1v) is 9.87. The third-order valence-corrected chi connectivity index (χ3v) is 4.87. The molecule has 0 saturated carbocycles. The van der Waals surface area contributed by atoms with Gasteiger partial charge in [-0.15, -0.1) is 0 Å². The molecule has 0 aromatic heterocycles. The highest BCUT2D eigenvalue weighted by atomic mass is 35.5. The summed E-state index contributed by atoms with van der Waals surface area (Å²) in [5.74, 6) is 0.168. The number of methoxy groups -OCH3 is 1. The Morgan fingerprint density at radius 1 is 0.788 bits per heavy atom. The largest absolute Gasteiger partial charge is 0.497 e. The van der Waals surface area contributed by atoms with Gasteiger partial charge in [-0.3, -0.25) is 0 Å². The number of aliphatic imine (C=N–C) groups is 1. The molecule has 0 aliphatic heterocycles. The van der Waals surface area contributed by atoms with E-state index in [1.807, 2.05) is 0 Å². The molecule has 3 rings (SSSR count). The van der Waals surface area contributed by atoms with Crippen LogP contribution in [0.2, 0.25) is 10.0 Å². The molecule has 0 fully saturated rings. The van der Waals surface area contributed by atoms with Crippen molar-refractivity contribution in [3.8, 4) is 5.75 Å². The van der Waals surface area contributed by atoms with Crippen molar-refractivity contribution in [3.63, 3.8) is 0 Å². The first-order valence-electron chi connectivity index (χ1n) is 9.12. The highest BCUT2D eigenvalue weighted by Gasteiger charge is 2.35. The van der Waals surface area contributed by atoms with Crippen molar-refractivity contribution < 1.29 is 31.1 Å². The summed E-state index contributed by atoms with van der Waals surface area (Å²) in [4.78, 5) is 4.02. The maximum absolute atomic E-state index is 13.6. The number of halogens is 8. The third kappa shape index (κ3) is 6.11. The molecule has 11 heteroatoms. The maximum atomic E-state index is 13.6. The Morgan fingerprint density at radius 3 is 1.88 bits per heavy atom. The zero-order chi connectivity index (χ0) is 24.4. The lowest BCUT2D eigenvalue weighted by molar-refractivity contribution is -0.137. The second kappa shape index (κ2) is 9.52. The lowest BCUT2D eigenvalue weighted by Gasteiger charge is -2.18. The van der Waals surface area contributed by atoms with E-state index in [-0.39, 0.29) is 21.4 Å². The summed E-state index contributed by atoms with van der Waals surface area (Å²) < 4.78 is 86.3. The van der Waals surface area contributed by atoms with Gasteiger partial charge in [0.15, 0.2) is 0 Å². The van der Waals surface area contributed by atoms with Crippen molar-refractivity contribution in [3.05, 3.63) is 87.4 Å². The van der Waals surface area contributed by atoms with Gasteiger partial charge in [-0.2, -0.15) is 26.3 Å². The number of amidine groups is 1. The van der Waals surface area contributed by atoms with Crippen LogP contribution in [0.25, 0.3) is 0 Å². The molecule has 3 nitrogen and oxygen atoms in total. The first-order chi connectivity index (χ1) is 15.4. The molecule has 3 aromatic rings. The molecule has 33 heavy (non-hydrogen) atoms. The lowest BCUT2D eigenvalue weighted by Crippen LogP contribution is -2.18. The average Bonchev–Trinajstić information content (AvgIpc) is 2.74. The fourth-order valence-corrected chi connectivity index (χ4v) is 3.20. The van der Waals surface area contributed by atoms with Crippen LogP contribution in [0.1, 0.15) is 16.7 Å². The number of hydrogen-bond acceptors (Lipinski definition) is 2. The first kappa shape index (κ1) is 24.7. The second-order valence-corrected chi connectivity index (χ2v) is 7.53. The van der Waals surface area contributed by atoms with Gasteiger partial charge < -0.3 is 10.1 Å². The monoisotopic (exact) mass is 506 g/mol. The van der Waals surface area contributed by atoms with Crippen LogP contribution in [0.15, 0.2) is 65.7 Å². The molecule has 0 spiro atoms. The molecule has 0 radical (unpaired) electrons. The van der Waals surface area contributed by atoms with Gasteiger partial charge in [-0.05, 0) is 60.7 Å². The van der Waals surface area contributed by atoms with Crippen LogP contribution in [0.3, 0.4) is 0 Å². The third-order valence-electron chi connectivity index (χ3n) is 4.40. The Kier molecular flexibility index (Phi) is 7.14. The van der Waals surface area contributed by atoms with Crippen LogP contribution in [0.4, 0.5) is 37.7 Å². The highest BCUT2D eigenvalue weighted by molar-refractivity contribution is 6.31. The smallest absolute Gasteiger partial charge is 0.418 e. The van der Waals surface area contributed by atoms with Gasteiger partial charge in [-0.25, -0.2) is 4.99 Å². The lowest BCUT2D eigenvalue weighted by atomic mass is 10.1. The number of nitrogens with zero attached hydrogens (tertiary/aromatic N) is 1. The predicted octanol–water partition coefficient (Wildman–Crippen LogP) is 8.23. The van der Waals surface area contributed by atoms with Crippen LogP contribution in [-0.2, 0) is 12.4 Å². The molecule has 0 saturated heterocycles. The van der Waals surface area contributed by atoms with Crippen LogP contribution in [0, 0.1) is 0 Å². The SMILES string of the molecule is COc1ccc(C(=Nc2ccc(Cl)cc2C(F)(F)F)Nc2ccc(Cl)cc2C(F)(F)F)cc1. The molecule has 0 unspecified atom stereocenters. The van der Waals surface area contributed by atoms with E-state index in [1.54, 1.807) is 0 Å². The minimum Gasteiger partial charge on any atom is -0.497 e. The van der Waals surface area contributed by atoms with Gasteiger partial charge >= 0.3 is 12.4 Å². The van der Waals surface area contributed by atoms with E-state index in [4.69, 9.17) is 27.9 Å². The van der Waals surface area contributed by atoms with Gasteiger partial charge in [-0.1, -0.05) is 23.2 Å². The topological polar surface area (TPSA) is 33.6 Å². The molecule has 0 aliphatic carbocycles. The van der Waals surface area contributed by atoms with Crippen LogP contribution in [-0.4, -0.2) is 12.9 Å². The predicted molar refractivity (Wildman–Crippen MR) is 116 cm³/mol. The molecule has 0 amide bonds. The van der Waals surface area contributed by atoms with E-state index in [1.165, 1.54) is 43.5 Å². The quantitative estimate of drug-likeness (QED) is 0.219. The highest BCUT2D eigenvalue weighted by Crippen LogP contribution is 2.39. The molecule has 0 bridgehead atoms. The summed E-state index contributed by atoms with van der Waals surface area (Å²) in [6, 6.07) is 11.8. The normalized spacial score (nSPS) is 12.6. The van der Waals surface area contributed by atoms with Crippen molar-refractivity contribution in [2.75, 3.05) is 12.4 Å². The number of benzene rings is 3. The average molecular weight is 507 g/mol. The Bertz CT molecular complexity index is 1170. The zero-order valence-corrected chi connectivity index (χ0v) is 18.2. The summed E-state index contributed by atoms with van der Waals surface area (Å²) in [5.41, 5.74) is -3.02. The molecule has 0 heterocycles. The fourth-order valence-electron chi connectivity index (χ4n) is 2.85. The van der Waals surface area contributed by atoms with Gasteiger partial charge in [0.2, 0.25) is 0 Å². The van der Waals surface area contributed by atoms with Gasteiger partial charge in [0.05, 0.1) is 29.6 Å². The van der Waals surface area contributed by atoms with Crippen molar-refractivity contribution >= 4 is 40.4 Å². The van der Waals surface area contributed by atoms with Crippen molar-refractivity contribution in [2.45, 2.75) is 12.4 Å². The van der Waals surface area contributed by atoms with E-state index in [2.05, 4.69) is 10.3 Å². The summed E-state index contributed by atoms with van der Waals surface area (Å²) in [5, 5.41) is 2.18. The number of ether oxygens (including phenoxy) is 1. The summed E-state index contributed by atoms with van der Waals surface area (Å²) in [6.07, 6.45) is -9.58. The number of nitrogens with one attached hydrogen (secondary N) is 1. The number of rotatable bonds is 4. The van der Waals surface area contributed by atoms with E-state index in [0.29, 0.717) is 17.9 Å². The summed E-state index contributed by atoms with van der Waals surface area (Å²) >= 11 is 11.4. The molecule has 174 valence electrons. The Labute approximate surface area is 194 Å². The molecular formula is C22H14Cl2F6N2O. The van der Waals surface area contributed by atoms with E-state index in [0.717, 1.165) is 12.1 Å².